The molecule has 4 rings (SSSR count). The highest BCUT2D eigenvalue weighted by Gasteiger charge is 2.30. The third-order valence-corrected chi connectivity index (χ3v) is 7.50. The number of nitrogens with zero attached hydrogens (tertiary/aromatic N) is 2. The van der Waals surface area contributed by atoms with Crippen molar-refractivity contribution in [1.82, 2.24) is 4.31 Å². The van der Waals surface area contributed by atoms with Crippen molar-refractivity contribution in [2.75, 3.05) is 7.11 Å². The van der Waals surface area contributed by atoms with Crippen molar-refractivity contribution in [2.45, 2.75) is 37.4 Å². The van der Waals surface area contributed by atoms with E-state index in [4.69, 9.17) is 9.47 Å². The molecule has 1 heterocycles. The SMILES string of the molecule is COc1c(CN(Cc2ccccc2)S(=O)(=O)c2ccc([N+](=O)[O-])cc2)ccc2c1OC(C)(C)C=C2. The van der Waals surface area contributed by atoms with Crippen LogP contribution in [0.15, 0.2) is 77.7 Å². The number of benzene rings is 3. The van der Waals surface area contributed by atoms with E-state index in [1.807, 2.05) is 68.5 Å². The van der Waals surface area contributed by atoms with Gasteiger partial charge in [0.15, 0.2) is 11.5 Å². The smallest absolute Gasteiger partial charge is 0.269 e. The molecule has 0 unspecified atom stereocenters. The first-order valence-corrected chi connectivity index (χ1v) is 12.4. The minimum atomic E-state index is -4.01. The Bertz CT molecular complexity index is 1370. The number of rotatable bonds is 8. The van der Waals surface area contributed by atoms with Crippen molar-refractivity contribution in [1.29, 1.82) is 0 Å². The Labute approximate surface area is 204 Å². The third kappa shape index (κ3) is 5.21. The lowest BCUT2D eigenvalue weighted by Crippen LogP contribution is -2.31. The van der Waals surface area contributed by atoms with Crippen LogP contribution in [-0.4, -0.2) is 30.4 Å². The summed E-state index contributed by atoms with van der Waals surface area (Å²) in [7, 11) is -2.48. The highest BCUT2D eigenvalue weighted by atomic mass is 32.2. The molecule has 0 N–H and O–H groups in total. The van der Waals surface area contributed by atoms with Gasteiger partial charge in [0, 0.05) is 36.3 Å². The zero-order valence-electron chi connectivity index (χ0n) is 19.7. The Hall–Kier alpha value is -3.69. The van der Waals surface area contributed by atoms with Gasteiger partial charge in [-0.2, -0.15) is 4.31 Å². The van der Waals surface area contributed by atoms with Gasteiger partial charge < -0.3 is 9.47 Å². The molecule has 8 nitrogen and oxygen atoms in total. The first-order chi connectivity index (χ1) is 16.6. The molecule has 0 fully saturated rings. The molecule has 0 bridgehead atoms. The van der Waals surface area contributed by atoms with E-state index in [1.165, 1.54) is 35.7 Å². The van der Waals surface area contributed by atoms with Crippen molar-refractivity contribution in [3.8, 4) is 11.5 Å². The lowest BCUT2D eigenvalue weighted by molar-refractivity contribution is -0.384. The first-order valence-electron chi connectivity index (χ1n) is 11.0. The van der Waals surface area contributed by atoms with Crippen LogP contribution in [0.3, 0.4) is 0 Å². The van der Waals surface area contributed by atoms with Gasteiger partial charge in [-0.05, 0) is 37.6 Å². The number of hydrogen-bond donors (Lipinski definition) is 0. The summed E-state index contributed by atoms with van der Waals surface area (Å²) in [4.78, 5) is 10.4. The molecule has 3 aromatic carbocycles. The van der Waals surface area contributed by atoms with Gasteiger partial charge in [0.05, 0.1) is 16.9 Å². The molecule has 1 aliphatic rings. The summed E-state index contributed by atoms with van der Waals surface area (Å²) < 4.78 is 40.5. The lowest BCUT2D eigenvalue weighted by Gasteiger charge is -2.30. The van der Waals surface area contributed by atoms with E-state index in [0.717, 1.165) is 11.1 Å². The van der Waals surface area contributed by atoms with Crippen molar-refractivity contribution >= 4 is 21.8 Å². The van der Waals surface area contributed by atoms with Crippen LogP contribution in [0, 0.1) is 10.1 Å². The molecule has 0 atom stereocenters. The maximum Gasteiger partial charge on any atom is 0.269 e. The highest BCUT2D eigenvalue weighted by molar-refractivity contribution is 7.89. The summed E-state index contributed by atoms with van der Waals surface area (Å²) in [5, 5.41) is 11.0. The van der Waals surface area contributed by atoms with Gasteiger partial charge in [0.25, 0.3) is 5.69 Å². The van der Waals surface area contributed by atoms with Crippen LogP contribution in [0.1, 0.15) is 30.5 Å². The van der Waals surface area contributed by atoms with Crippen molar-refractivity contribution in [2.24, 2.45) is 0 Å². The molecule has 0 aliphatic carbocycles. The minimum absolute atomic E-state index is 0.0121. The maximum absolute atomic E-state index is 13.7. The van der Waals surface area contributed by atoms with Gasteiger partial charge in [0.2, 0.25) is 10.0 Å². The number of methoxy groups -OCH3 is 1. The van der Waals surface area contributed by atoms with Crippen molar-refractivity contribution in [3.05, 3.63) is 99.6 Å². The molecular weight excluding hydrogens is 468 g/mol. The lowest BCUT2D eigenvalue weighted by atomic mass is 10.00. The van der Waals surface area contributed by atoms with Gasteiger partial charge in [-0.15, -0.1) is 0 Å². The second-order valence-electron chi connectivity index (χ2n) is 8.72. The van der Waals surface area contributed by atoms with Crippen molar-refractivity contribution < 1.29 is 22.8 Å². The van der Waals surface area contributed by atoms with E-state index in [1.54, 1.807) is 0 Å². The second kappa shape index (κ2) is 9.52. The summed E-state index contributed by atoms with van der Waals surface area (Å²) in [5.41, 5.74) is 1.57. The monoisotopic (exact) mass is 494 g/mol. The minimum Gasteiger partial charge on any atom is -0.492 e. The van der Waals surface area contributed by atoms with Crippen LogP contribution in [0.4, 0.5) is 5.69 Å². The first kappa shape index (κ1) is 24.4. The fourth-order valence-electron chi connectivity index (χ4n) is 3.88. The Balaban J connectivity index is 1.76. The van der Waals surface area contributed by atoms with Gasteiger partial charge in [-0.1, -0.05) is 48.5 Å². The number of sulfonamides is 1. The second-order valence-corrected chi connectivity index (χ2v) is 10.7. The Morgan fingerprint density at radius 1 is 1.00 bits per heavy atom. The molecule has 182 valence electrons. The maximum atomic E-state index is 13.7. The summed E-state index contributed by atoms with van der Waals surface area (Å²) in [6.45, 7) is 3.98. The van der Waals surface area contributed by atoms with Crippen LogP contribution < -0.4 is 9.47 Å². The number of nitro groups is 1. The molecular formula is C26H26N2O6S. The zero-order valence-corrected chi connectivity index (χ0v) is 20.5. The molecule has 0 saturated carbocycles. The summed E-state index contributed by atoms with van der Waals surface area (Å²) >= 11 is 0. The normalized spacial score (nSPS) is 14.3. The van der Waals surface area contributed by atoms with E-state index in [0.29, 0.717) is 17.1 Å². The number of fused-ring (bicyclic) bond motifs is 1. The van der Waals surface area contributed by atoms with Gasteiger partial charge in [-0.3, -0.25) is 10.1 Å². The van der Waals surface area contributed by atoms with Gasteiger partial charge in [-0.25, -0.2) is 8.42 Å². The van der Waals surface area contributed by atoms with E-state index in [-0.39, 0.29) is 23.7 Å². The Kier molecular flexibility index (Phi) is 6.64. The zero-order chi connectivity index (χ0) is 25.2. The molecule has 9 heteroatoms. The number of ether oxygens (including phenoxy) is 2. The Morgan fingerprint density at radius 3 is 2.31 bits per heavy atom. The van der Waals surface area contributed by atoms with E-state index >= 15 is 0 Å². The van der Waals surface area contributed by atoms with Gasteiger partial charge >= 0.3 is 0 Å². The highest BCUT2D eigenvalue weighted by Crippen LogP contribution is 2.42. The predicted octanol–water partition coefficient (Wildman–Crippen LogP) is 5.18. The quantitative estimate of drug-likeness (QED) is 0.316. The van der Waals surface area contributed by atoms with Crippen LogP contribution in [0.2, 0.25) is 0 Å². The predicted molar refractivity (Wildman–Crippen MR) is 133 cm³/mol. The van der Waals surface area contributed by atoms with Crippen molar-refractivity contribution in [3.63, 3.8) is 0 Å². The fourth-order valence-corrected chi connectivity index (χ4v) is 5.29. The summed E-state index contributed by atoms with van der Waals surface area (Å²) in [6, 6.07) is 17.8. The molecule has 35 heavy (non-hydrogen) atoms. The largest absolute Gasteiger partial charge is 0.492 e. The number of hydrogen-bond acceptors (Lipinski definition) is 6. The molecule has 0 spiro atoms. The fraction of sp³-hybridized carbons (Fsp3) is 0.231. The summed E-state index contributed by atoms with van der Waals surface area (Å²) in [6.07, 6.45) is 3.91. The molecule has 0 radical (unpaired) electrons. The van der Waals surface area contributed by atoms with E-state index < -0.39 is 20.5 Å². The van der Waals surface area contributed by atoms with Crippen LogP contribution >= 0.6 is 0 Å². The van der Waals surface area contributed by atoms with Crippen LogP contribution in [0.25, 0.3) is 6.08 Å². The average Bonchev–Trinajstić information content (AvgIpc) is 2.83. The topological polar surface area (TPSA) is 99.0 Å². The Morgan fingerprint density at radius 2 is 1.69 bits per heavy atom. The third-order valence-electron chi connectivity index (χ3n) is 5.69. The number of non-ortho nitro benzene ring substituents is 1. The summed E-state index contributed by atoms with van der Waals surface area (Å²) in [5.74, 6) is 1.03. The van der Waals surface area contributed by atoms with Crippen LogP contribution in [-0.2, 0) is 23.1 Å². The molecule has 0 saturated heterocycles. The molecule has 0 aromatic heterocycles. The van der Waals surface area contributed by atoms with E-state index in [9.17, 15) is 18.5 Å². The van der Waals surface area contributed by atoms with Crippen LogP contribution in [0.5, 0.6) is 11.5 Å². The van der Waals surface area contributed by atoms with E-state index in [2.05, 4.69) is 0 Å². The standard InChI is InChI=1S/C26H26N2O6S/c1-26(2)16-15-20-9-10-21(24(33-3)25(20)34-26)18-27(17-19-7-5-4-6-8-19)35(31,32)23-13-11-22(12-14-23)28(29)30/h4-16H,17-18H2,1-3H3. The average molecular weight is 495 g/mol. The molecule has 1 aliphatic heterocycles. The molecule has 0 amide bonds. The van der Waals surface area contributed by atoms with Gasteiger partial charge in [0.1, 0.15) is 5.60 Å². The number of nitro benzene ring substituents is 1. The molecule has 3 aromatic rings.